The Morgan fingerprint density at radius 3 is 1.20 bits per heavy atom. The van der Waals surface area contributed by atoms with E-state index in [1.807, 2.05) is 74.4 Å². The van der Waals surface area contributed by atoms with Gasteiger partial charge in [0.1, 0.15) is 0 Å². The number of sulfonamides is 2. The van der Waals surface area contributed by atoms with Crippen LogP contribution in [-0.4, -0.2) is 108 Å². The molecule has 0 aliphatic carbocycles. The van der Waals surface area contributed by atoms with Crippen molar-refractivity contribution in [2.75, 3.05) is 90.6 Å². The molecule has 4 aromatic carbocycles. The van der Waals surface area contributed by atoms with E-state index in [9.17, 15) is 16.8 Å². The van der Waals surface area contributed by atoms with Crippen molar-refractivity contribution in [1.29, 1.82) is 0 Å². The second-order valence-electron chi connectivity index (χ2n) is 11.4. The van der Waals surface area contributed by atoms with E-state index in [-0.39, 0.29) is 62.4 Å². The molecule has 0 atom stereocenters. The molecule has 2 N–H and O–H groups in total. The molecule has 248 valence electrons. The van der Waals surface area contributed by atoms with Crippen LogP contribution in [0.3, 0.4) is 0 Å². The standard InChI is InChI=1S/C32H42N6O6S2/c1-35(2)29-13-5-11-27-25(29)9-7-15-31(27)45(39,40)33-37-17-21-43-23-19-38(20-24-44-22-18-37)34-46(41,42)32-16-8-10-26-28(32)12-6-14-30(26)36(3)4/h5-16,33-34H,17-24H2,1-4H3. The van der Waals surface area contributed by atoms with Crippen LogP contribution >= 0.6 is 0 Å². The van der Waals surface area contributed by atoms with Crippen molar-refractivity contribution in [3.05, 3.63) is 72.8 Å². The summed E-state index contributed by atoms with van der Waals surface area (Å²) in [5.74, 6) is 0. The second-order valence-corrected chi connectivity index (χ2v) is 14.7. The summed E-state index contributed by atoms with van der Waals surface area (Å²) >= 11 is 0. The maximum absolute atomic E-state index is 13.6. The van der Waals surface area contributed by atoms with Crippen LogP contribution in [0.4, 0.5) is 11.4 Å². The van der Waals surface area contributed by atoms with E-state index in [4.69, 9.17) is 9.47 Å². The fraction of sp³-hybridized carbons (Fsp3) is 0.375. The molecule has 0 bridgehead atoms. The second kappa shape index (κ2) is 14.6. The minimum atomic E-state index is -3.91. The van der Waals surface area contributed by atoms with Crippen LogP contribution in [0.5, 0.6) is 0 Å². The first-order valence-corrected chi connectivity index (χ1v) is 18.0. The third-order valence-electron chi connectivity index (χ3n) is 7.78. The summed E-state index contributed by atoms with van der Waals surface area (Å²) in [4.78, 5) is 9.71. The molecule has 14 heteroatoms. The summed E-state index contributed by atoms with van der Waals surface area (Å²) in [6, 6.07) is 21.7. The number of anilines is 2. The number of rotatable bonds is 8. The van der Waals surface area contributed by atoms with Gasteiger partial charge in [0.2, 0.25) is 0 Å². The Labute approximate surface area is 271 Å². The Morgan fingerprint density at radius 2 is 0.848 bits per heavy atom. The van der Waals surface area contributed by atoms with E-state index in [1.54, 1.807) is 46.4 Å². The molecule has 0 radical (unpaired) electrons. The Balaban J connectivity index is 1.24. The number of benzene rings is 4. The zero-order valence-corrected chi connectivity index (χ0v) is 28.3. The van der Waals surface area contributed by atoms with Crippen molar-refractivity contribution >= 4 is 53.0 Å². The summed E-state index contributed by atoms with van der Waals surface area (Å²) < 4.78 is 66.0. The van der Waals surface area contributed by atoms with E-state index in [0.29, 0.717) is 10.8 Å². The highest BCUT2D eigenvalue weighted by molar-refractivity contribution is 7.90. The average molecular weight is 671 g/mol. The highest BCUT2D eigenvalue weighted by atomic mass is 32.2. The first kappa shape index (κ1) is 34.0. The SMILES string of the molecule is CN(C)c1cccc2c(S(=O)(=O)NN3CCOCCN(NS(=O)(=O)c4cccc5c(N(C)C)cccc45)CCOCC3)cccc12. The lowest BCUT2D eigenvalue weighted by molar-refractivity contribution is 0.0273. The van der Waals surface area contributed by atoms with Crippen molar-refractivity contribution in [1.82, 2.24) is 19.7 Å². The predicted octanol–water partition coefficient (Wildman–Crippen LogP) is 2.86. The van der Waals surface area contributed by atoms with E-state index < -0.39 is 20.0 Å². The van der Waals surface area contributed by atoms with Crippen LogP contribution in [-0.2, 0) is 29.5 Å². The monoisotopic (exact) mass is 670 g/mol. The third-order valence-corrected chi connectivity index (χ3v) is 10.6. The Hall–Kier alpha value is -3.34. The van der Waals surface area contributed by atoms with E-state index in [2.05, 4.69) is 9.66 Å². The number of hydrogen-bond acceptors (Lipinski definition) is 10. The molecule has 1 saturated heterocycles. The first-order valence-electron chi connectivity index (χ1n) is 15.1. The fourth-order valence-electron chi connectivity index (χ4n) is 5.53. The lowest BCUT2D eigenvalue weighted by Gasteiger charge is -2.27. The molecule has 12 nitrogen and oxygen atoms in total. The number of hydrazine groups is 2. The van der Waals surface area contributed by atoms with Crippen LogP contribution in [0.15, 0.2) is 82.6 Å². The van der Waals surface area contributed by atoms with Gasteiger partial charge in [0.25, 0.3) is 20.0 Å². The van der Waals surface area contributed by atoms with Crippen LogP contribution in [0.2, 0.25) is 0 Å². The molecule has 0 unspecified atom stereocenters. The highest BCUT2D eigenvalue weighted by Crippen LogP contribution is 2.31. The summed E-state index contributed by atoms with van der Waals surface area (Å²) in [6.07, 6.45) is 0. The number of nitrogens with one attached hydrogen (secondary N) is 2. The molecule has 46 heavy (non-hydrogen) atoms. The van der Waals surface area contributed by atoms with Crippen molar-refractivity contribution in [2.45, 2.75) is 9.79 Å². The molecule has 1 aliphatic heterocycles. The van der Waals surface area contributed by atoms with Crippen LogP contribution in [0.25, 0.3) is 21.5 Å². The molecular weight excluding hydrogens is 629 g/mol. The van der Waals surface area contributed by atoms with E-state index >= 15 is 0 Å². The molecule has 4 aromatic rings. The summed E-state index contributed by atoms with van der Waals surface area (Å²) in [6.45, 7) is 1.97. The molecule has 0 saturated carbocycles. The Morgan fingerprint density at radius 1 is 0.522 bits per heavy atom. The largest absolute Gasteiger partial charge is 0.379 e. The number of ether oxygens (including phenoxy) is 2. The number of hydrogen-bond donors (Lipinski definition) is 2. The van der Waals surface area contributed by atoms with Gasteiger partial charge >= 0.3 is 0 Å². The predicted molar refractivity (Wildman–Crippen MR) is 182 cm³/mol. The van der Waals surface area contributed by atoms with Gasteiger partial charge < -0.3 is 19.3 Å². The zero-order valence-electron chi connectivity index (χ0n) is 26.6. The molecule has 5 rings (SSSR count). The van der Waals surface area contributed by atoms with Crippen molar-refractivity contribution < 1.29 is 26.3 Å². The van der Waals surface area contributed by atoms with Crippen LogP contribution in [0.1, 0.15) is 0 Å². The van der Waals surface area contributed by atoms with Gasteiger partial charge in [-0.2, -0.15) is 0 Å². The normalized spacial score (nSPS) is 16.6. The van der Waals surface area contributed by atoms with Crippen LogP contribution in [0, 0.1) is 0 Å². The van der Waals surface area contributed by atoms with Gasteiger partial charge in [-0.3, -0.25) is 0 Å². The Kier molecular flexibility index (Phi) is 10.8. The maximum Gasteiger partial charge on any atom is 0.254 e. The van der Waals surface area contributed by atoms with Gasteiger partial charge in [0.05, 0.1) is 36.2 Å². The summed E-state index contributed by atoms with van der Waals surface area (Å²) in [5, 5.41) is 6.10. The average Bonchev–Trinajstić information content (AvgIpc) is 3.01. The van der Waals surface area contributed by atoms with Gasteiger partial charge in [0, 0.05) is 87.3 Å². The topological polar surface area (TPSA) is 124 Å². The van der Waals surface area contributed by atoms with E-state index in [1.165, 1.54) is 0 Å². The first-order chi connectivity index (χ1) is 22.0. The van der Waals surface area contributed by atoms with Crippen LogP contribution < -0.4 is 19.5 Å². The summed E-state index contributed by atoms with van der Waals surface area (Å²) in [5.41, 5.74) is 1.85. The molecule has 1 aliphatic rings. The van der Waals surface area contributed by atoms with Crippen molar-refractivity contribution in [2.24, 2.45) is 0 Å². The quantitative estimate of drug-likeness (QED) is 0.289. The smallest absolute Gasteiger partial charge is 0.254 e. The fourth-order valence-corrected chi connectivity index (χ4v) is 8.22. The van der Waals surface area contributed by atoms with Crippen molar-refractivity contribution in [3.63, 3.8) is 0 Å². The molecule has 1 heterocycles. The van der Waals surface area contributed by atoms with E-state index in [0.717, 1.165) is 22.1 Å². The minimum Gasteiger partial charge on any atom is -0.379 e. The minimum absolute atomic E-state index is 0.189. The zero-order chi connectivity index (χ0) is 32.9. The Bertz CT molecular complexity index is 1740. The number of fused-ring (bicyclic) bond motifs is 2. The van der Waals surface area contributed by atoms with Gasteiger partial charge in [0.15, 0.2) is 0 Å². The molecular formula is C32H42N6O6S2. The van der Waals surface area contributed by atoms with Gasteiger partial charge in [-0.05, 0) is 24.3 Å². The van der Waals surface area contributed by atoms with Gasteiger partial charge in [-0.25, -0.2) is 26.9 Å². The van der Waals surface area contributed by atoms with Gasteiger partial charge in [-0.15, -0.1) is 9.66 Å². The maximum atomic E-state index is 13.6. The summed E-state index contributed by atoms with van der Waals surface area (Å²) in [7, 11) is -0.143. The molecule has 0 aromatic heterocycles. The molecule has 1 fully saturated rings. The lowest BCUT2D eigenvalue weighted by atomic mass is 10.1. The highest BCUT2D eigenvalue weighted by Gasteiger charge is 2.24. The number of nitrogens with zero attached hydrogens (tertiary/aromatic N) is 4. The van der Waals surface area contributed by atoms with Crippen molar-refractivity contribution in [3.8, 4) is 0 Å². The lowest BCUT2D eigenvalue weighted by Crippen LogP contribution is -2.48. The molecule has 0 spiro atoms. The van der Waals surface area contributed by atoms with Gasteiger partial charge in [-0.1, -0.05) is 48.5 Å². The third kappa shape index (κ3) is 7.78. The molecule has 0 amide bonds.